The van der Waals surface area contributed by atoms with Gasteiger partial charge >= 0.3 is 33.6 Å². The van der Waals surface area contributed by atoms with Gasteiger partial charge in [-0.15, -0.1) is 0 Å². The molecule has 0 saturated carbocycles. The first-order valence-electron chi connectivity index (χ1n) is 46.4. The van der Waals surface area contributed by atoms with E-state index in [1.165, 1.54) is 141 Å². The normalized spacial score (nSPS) is 14.6. The SMILES string of the molecule is CC/C=C\C/C=C\C/C=C\C/C=C\C/C=C\CCCCCCCCCCCCCCCCCCCCCC(=O)OCC(O)COP(=O)(O)OCC(O)COP(=O)(O)OCC(COC(=O)CCCCCCCCCCCCC/C=C\C/C=C\C/C=C\C/C=C\C/C=C\CC)OC(=O)CCCCCCCC/C=C\C/C=C\C/C=C\C/C=C\CC. The molecule has 18 heteroatoms. The van der Waals surface area contributed by atoms with E-state index in [9.17, 15) is 43.5 Å². The highest BCUT2D eigenvalue weighted by Crippen LogP contribution is 2.45. The number of unbranched alkanes of at least 4 members (excludes halogenated alkanes) is 36. The molecule has 0 aliphatic rings. The van der Waals surface area contributed by atoms with Gasteiger partial charge in [0.15, 0.2) is 6.10 Å². The predicted molar refractivity (Wildman–Crippen MR) is 491 cm³/mol. The van der Waals surface area contributed by atoms with Crippen LogP contribution in [0, 0.1) is 0 Å². The monoisotopic (exact) mass is 1680 g/mol. The van der Waals surface area contributed by atoms with Crippen molar-refractivity contribution in [2.75, 3.05) is 39.6 Å². The number of rotatable bonds is 87. The molecule has 5 atom stereocenters. The zero-order chi connectivity index (χ0) is 85.1. The Hall–Kier alpha value is -5.09. The summed E-state index contributed by atoms with van der Waals surface area (Å²) in [6.07, 6.45) is 117. The minimum absolute atomic E-state index is 0.0840. The van der Waals surface area contributed by atoms with E-state index < -0.39 is 91.5 Å². The molecule has 0 radical (unpaired) electrons. The van der Waals surface area contributed by atoms with Crippen LogP contribution in [0.4, 0.5) is 0 Å². The maximum atomic E-state index is 13.0. The van der Waals surface area contributed by atoms with E-state index in [4.69, 9.17) is 32.3 Å². The number of phosphoric ester groups is 2. The summed E-state index contributed by atoms with van der Waals surface area (Å²) in [6.45, 7) is 2.37. The van der Waals surface area contributed by atoms with E-state index in [0.717, 1.165) is 180 Å². The molecule has 0 fully saturated rings. The quantitative estimate of drug-likeness (QED) is 0.0146. The number of phosphoric acid groups is 2. The maximum Gasteiger partial charge on any atom is 0.472 e. The highest BCUT2D eigenvalue weighted by molar-refractivity contribution is 7.47. The van der Waals surface area contributed by atoms with Crippen molar-refractivity contribution >= 4 is 33.6 Å². The summed E-state index contributed by atoms with van der Waals surface area (Å²) >= 11 is 0. The van der Waals surface area contributed by atoms with Crippen molar-refractivity contribution in [1.29, 1.82) is 0 Å². The molecule has 0 rings (SSSR count). The fourth-order valence-electron chi connectivity index (χ4n) is 12.5. The topological polar surface area (TPSA) is 231 Å². The Balaban J connectivity index is 4.50. The lowest BCUT2D eigenvalue weighted by Crippen LogP contribution is -2.30. The summed E-state index contributed by atoms with van der Waals surface area (Å²) in [5.74, 6) is -1.59. The molecular formula is C99H168O16P2. The molecule has 0 spiro atoms. The molecule has 0 heterocycles. The molecule has 16 nitrogen and oxygen atoms in total. The van der Waals surface area contributed by atoms with Gasteiger partial charge in [-0.25, -0.2) is 9.13 Å². The van der Waals surface area contributed by atoms with Gasteiger partial charge < -0.3 is 34.2 Å². The van der Waals surface area contributed by atoms with Gasteiger partial charge in [0.2, 0.25) is 0 Å². The molecule has 0 aliphatic heterocycles. The number of carbonyl (C=O) groups is 3. The van der Waals surface area contributed by atoms with Crippen LogP contribution in [-0.2, 0) is 55.8 Å². The van der Waals surface area contributed by atoms with Crippen molar-refractivity contribution in [3.8, 4) is 0 Å². The third kappa shape index (κ3) is 91.5. The number of esters is 3. The highest BCUT2D eigenvalue weighted by atomic mass is 31.2. The lowest BCUT2D eigenvalue weighted by molar-refractivity contribution is -0.161. The second kappa shape index (κ2) is 90.2. The van der Waals surface area contributed by atoms with Crippen LogP contribution >= 0.6 is 15.6 Å². The highest BCUT2D eigenvalue weighted by Gasteiger charge is 2.29. The number of aliphatic hydroxyl groups is 2. The van der Waals surface area contributed by atoms with Crippen molar-refractivity contribution < 1.29 is 75.8 Å². The summed E-state index contributed by atoms with van der Waals surface area (Å²) in [4.78, 5) is 59.0. The number of hydrogen-bond acceptors (Lipinski definition) is 14. The average Bonchev–Trinajstić information content (AvgIpc) is 0.904. The number of allylic oxidation sites excluding steroid dienone is 28. The predicted octanol–water partition coefficient (Wildman–Crippen LogP) is 28.7. The lowest BCUT2D eigenvalue weighted by atomic mass is 10.0. The van der Waals surface area contributed by atoms with E-state index in [-0.39, 0.29) is 19.3 Å². The number of aliphatic hydroxyl groups excluding tert-OH is 2. The maximum absolute atomic E-state index is 13.0. The van der Waals surface area contributed by atoms with Gasteiger partial charge in [0.25, 0.3) is 0 Å². The molecule has 0 amide bonds. The molecule has 670 valence electrons. The van der Waals surface area contributed by atoms with Crippen molar-refractivity contribution in [2.45, 2.75) is 399 Å². The molecule has 117 heavy (non-hydrogen) atoms. The number of ether oxygens (including phenoxy) is 3. The Morgan fingerprint density at radius 2 is 0.427 bits per heavy atom. The fourth-order valence-corrected chi connectivity index (χ4v) is 14.1. The van der Waals surface area contributed by atoms with Gasteiger partial charge in [0.05, 0.1) is 26.4 Å². The van der Waals surface area contributed by atoms with Gasteiger partial charge in [-0.2, -0.15) is 0 Å². The van der Waals surface area contributed by atoms with Crippen molar-refractivity contribution in [3.63, 3.8) is 0 Å². The Bertz CT molecular complexity index is 2810. The lowest BCUT2D eigenvalue weighted by Gasteiger charge is -2.21. The molecule has 0 aromatic carbocycles. The zero-order valence-electron chi connectivity index (χ0n) is 73.8. The molecule has 0 saturated heterocycles. The second-order valence-corrected chi connectivity index (χ2v) is 33.6. The largest absolute Gasteiger partial charge is 0.472 e. The van der Waals surface area contributed by atoms with Crippen LogP contribution < -0.4 is 0 Å². The summed E-state index contributed by atoms with van der Waals surface area (Å²) in [5.41, 5.74) is 0. The van der Waals surface area contributed by atoms with Crippen LogP contribution in [0.25, 0.3) is 0 Å². The smallest absolute Gasteiger partial charge is 0.463 e. The van der Waals surface area contributed by atoms with Crippen LogP contribution in [0.15, 0.2) is 170 Å². The first-order chi connectivity index (χ1) is 57.2. The Labute approximate surface area is 713 Å². The van der Waals surface area contributed by atoms with E-state index in [2.05, 4.69) is 191 Å². The van der Waals surface area contributed by atoms with Crippen molar-refractivity contribution in [2.24, 2.45) is 0 Å². The first kappa shape index (κ1) is 112. The summed E-state index contributed by atoms with van der Waals surface area (Å²) in [6, 6.07) is 0. The third-order valence-corrected chi connectivity index (χ3v) is 21.3. The molecule has 0 aromatic heterocycles. The average molecular weight is 1680 g/mol. The molecule has 0 bridgehead atoms. The Kier molecular flexibility index (Phi) is 86.2. The molecule has 0 aromatic rings. The van der Waals surface area contributed by atoms with Crippen molar-refractivity contribution in [1.82, 2.24) is 0 Å². The third-order valence-electron chi connectivity index (χ3n) is 19.4. The van der Waals surface area contributed by atoms with Crippen LogP contribution in [0.5, 0.6) is 0 Å². The van der Waals surface area contributed by atoms with Crippen LogP contribution in [0.2, 0.25) is 0 Å². The summed E-state index contributed by atoms with van der Waals surface area (Å²) in [7, 11) is -9.81. The summed E-state index contributed by atoms with van der Waals surface area (Å²) < 4.78 is 61.5. The zero-order valence-corrected chi connectivity index (χ0v) is 75.6. The van der Waals surface area contributed by atoms with E-state index in [1.807, 2.05) is 0 Å². The second-order valence-electron chi connectivity index (χ2n) is 30.7. The molecule has 5 unspecified atom stereocenters. The number of hydrogen-bond donors (Lipinski definition) is 4. The van der Waals surface area contributed by atoms with E-state index in [1.54, 1.807) is 0 Å². The first-order valence-corrected chi connectivity index (χ1v) is 49.4. The standard InChI is InChI=1S/C99H168O16P2/c1-4-7-10-13-16-19-22-25-28-31-34-36-38-40-42-43-44-45-46-47-48-49-51-53-54-56-59-61-64-67-70-73-76-79-82-85-97(102)109-88-94(100)89-111-116(105,106)112-90-95(101)91-113-117(107,108)114-93-96(115-99(104)87-84-81-78-75-72-69-66-63-58-33-30-27-24-21-18-15-12-9-6-3)92-110-98(103)86-83-80-77-74-71-68-65-62-60-57-55-52-50-41-39-37-35-32-29-26-23-20-17-14-11-8-5-2/h7-12,16-21,25-30,34-37,40-42,50,58,63,94-96,100-101H,4-6,13-15,22-24,31-33,38-39,43-49,51-57,59-62,64-93H2,1-3H3,(H,105,106)(H,107,108)/b10-7-,11-8-,12-9-,19-16-,20-17-,21-18-,28-25-,29-26-,30-27-,36-34-,37-35-,42-40-,50-41-,63-58-. The van der Waals surface area contributed by atoms with Crippen LogP contribution in [0.3, 0.4) is 0 Å². The minimum Gasteiger partial charge on any atom is -0.463 e. The van der Waals surface area contributed by atoms with Crippen LogP contribution in [-0.4, -0.2) is 95.9 Å². The minimum atomic E-state index is -4.95. The van der Waals surface area contributed by atoms with Gasteiger partial charge in [0, 0.05) is 19.3 Å². The summed E-state index contributed by atoms with van der Waals surface area (Å²) in [5, 5.41) is 20.7. The van der Waals surface area contributed by atoms with E-state index in [0.29, 0.717) is 19.3 Å². The fraction of sp³-hybridized carbons (Fsp3) is 0.687. The van der Waals surface area contributed by atoms with Gasteiger partial charge in [-0.1, -0.05) is 384 Å². The number of carbonyl (C=O) groups excluding carboxylic acids is 3. The molecule has 0 aliphatic carbocycles. The Morgan fingerprint density at radius 1 is 0.239 bits per heavy atom. The van der Waals surface area contributed by atoms with Gasteiger partial charge in [-0.3, -0.25) is 32.5 Å². The van der Waals surface area contributed by atoms with Crippen molar-refractivity contribution in [3.05, 3.63) is 170 Å². The van der Waals surface area contributed by atoms with Gasteiger partial charge in [0.1, 0.15) is 25.4 Å². The van der Waals surface area contributed by atoms with Gasteiger partial charge in [-0.05, 0) is 148 Å². The van der Waals surface area contributed by atoms with Crippen LogP contribution in [0.1, 0.15) is 380 Å². The molecule has 4 N–H and O–H groups in total. The Morgan fingerprint density at radius 3 is 0.675 bits per heavy atom. The molecular weight excluding hydrogens is 1510 g/mol. The van der Waals surface area contributed by atoms with E-state index >= 15 is 0 Å².